The Morgan fingerprint density at radius 2 is 1.44 bits per heavy atom. The van der Waals surface area contributed by atoms with E-state index in [2.05, 4.69) is 57.4 Å². The van der Waals surface area contributed by atoms with Crippen molar-refractivity contribution in [2.45, 2.75) is 17.5 Å². The number of thioether (sulfide) groups is 1. The molecule has 0 fully saturated rings. The van der Waals surface area contributed by atoms with Gasteiger partial charge in [0, 0.05) is 35.7 Å². The average molecular weight is 468 g/mol. The first-order valence-corrected chi connectivity index (χ1v) is 12.1. The van der Waals surface area contributed by atoms with E-state index in [0.29, 0.717) is 13.2 Å². The molecule has 2 aromatic heterocycles. The number of rotatable bonds is 9. The third kappa shape index (κ3) is 4.81. The molecule has 0 unspecified atom stereocenters. The summed E-state index contributed by atoms with van der Waals surface area (Å²) in [6.07, 6.45) is 2.11. The van der Waals surface area contributed by atoms with Crippen molar-refractivity contribution in [2.24, 2.45) is 0 Å². The molecule has 0 atom stereocenters. The van der Waals surface area contributed by atoms with Crippen molar-refractivity contribution in [3.8, 4) is 28.3 Å². The van der Waals surface area contributed by atoms with Crippen LogP contribution in [0.1, 0.15) is 5.56 Å². The lowest BCUT2D eigenvalue weighted by atomic mass is 10.1. The van der Waals surface area contributed by atoms with Crippen LogP contribution in [0.5, 0.6) is 0 Å². The zero-order chi connectivity index (χ0) is 23.2. The van der Waals surface area contributed by atoms with Crippen molar-refractivity contribution in [2.75, 3.05) is 13.7 Å². The summed E-state index contributed by atoms with van der Waals surface area (Å²) in [6, 6.07) is 30.6. The highest BCUT2D eigenvalue weighted by Crippen LogP contribution is 2.31. The molecular weight excluding hydrogens is 442 g/mol. The normalized spacial score (nSPS) is 11.1. The van der Waals surface area contributed by atoms with Gasteiger partial charge in [0.25, 0.3) is 0 Å². The van der Waals surface area contributed by atoms with E-state index in [-0.39, 0.29) is 0 Å². The zero-order valence-corrected chi connectivity index (χ0v) is 19.7. The summed E-state index contributed by atoms with van der Waals surface area (Å²) in [7, 11) is 1.71. The van der Waals surface area contributed by atoms with Crippen molar-refractivity contribution in [1.29, 1.82) is 0 Å². The second-order valence-electron chi connectivity index (χ2n) is 7.75. The van der Waals surface area contributed by atoms with Gasteiger partial charge in [0.15, 0.2) is 11.0 Å². The van der Waals surface area contributed by atoms with Crippen LogP contribution in [0.3, 0.4) is 0 Å². The Balaban J connectivity index is 1.47. The fraction of sp³-hybridized carbons (Fsp3) is 0.148. The van der Waals surface area contributed by atoms with Crippen LogP contribution < -0.4 is 0 Å². The summed E-state index contributed by atoms with van der Waals surface area (Å²) >= 11 is 1.66. The Labute approximate surface area is 203 Å². The van der Waals surface area contributed by atoms with Crippen LogP contribution in [0.25, 0.3) is 28.3 Å². The summed E-state index contributed by atoms with van der Waals surface area (Å²) in [4.78, 5) is 0. The first-order chi connectivity index (χ1) is 16.8. The average Bonchev–Trinajstić information content (AvgIpc) is 3.52. The molecule has 0 N–H and O–H groups in total. The van der Waals surface area contributed by atoms with Gasteiger partial charge in [-0.05, 0) is 12.1 Å². The van der Waals surface area contributed by atoms with Crippen molar-refractivity contribution in [3.63, 3.8) is 0 Å². The van der Waals surface area contributed by atoms with Gasteiger partial charge in [0.1, 0.15) is 0 Å². The summed E-state index contributed by atoms with van der Waals surface area (Å²) in [5, 5.41) is 14.8. The largest absolute Gasteiger partial charge is 0.383 e. The lowest BCUT2D eigenvalue weighted by Gasteiger charge is -2.09. The highest BCUT2D eigenvalue weighted by molar-refractivity contribution is 7.98. The third-order valence-electron chi connectivity index (χ3n) is 5.48. The molecule has 0 aliphatic rings. The molecule has 0 bridgehead atoms. The Kier molecular flexibility index (Phi) is 6.84. The highest BCUT2D eigenvalue weighted by Gasteiger charge is 2.17. The molecule has 0 spiro atoms. The zero-order valence-electron chi connectivity index (χ0n) is 18.9. The molecule has 2 heterocycles. The van der Waals surface area contributed by atoms with Crippen LogP contribution in [0.15, 0.2) is 102 Å². The highest BCUT2D eigenvalue weighted by atomic mass is 32.2. The van der Waals surface area contributed by atoms with Gasteiger partial charge in [0.05, 0.1) is 24.5 Å². The molecule has 34 heavy (non-hydrogen) atoms. The van der Waals surface area contributed by atoms with Gasteiger partial charge in [-0.25, -0.2) is 4.68 Å². The summed E-state index contributed by atoms with van der Waals surface area (Å²) in [5.41, 5.74) is 5.29. The molecule has 0 amide bonds. The molecule has 5 rings (SSSR count). The lowest BCUT2D eigenvalue weighted by Crippen LogP contribution is -2.07. The maximum Gasteiger partial charge on any atom is 0.191 e. The van der Waals surface area contributed by atoms with Gasteiger partial charge in [0.2, 0.25) is 0 Å². The van der Waals surface area contributed by atoms with E-state index in [0.717, 1.165) is 44.8 Å². The first-order valence-electron chi connectivity index (χ1n) is 11.1. The molecule has 6 nitrogen and oxygen atoms in total. The monoisotopic (exact) mass is 467 g/mol. The molecule has 5 aromatic rings. The maximum atomic E-state index is 5.35. The van der Waals surface area contributed by atoms with E-state index < -0.39 is 0 Å². The fourth-order valence-electron chi connectivity index (χ4n) is 3.79. The quantitative estimate of drug-likeness (QED) is 0.259. The van der Waals surface area contributed by atoms with Crippen molar-refractivity contribution >= 4 is 11.8 Å². The molecule has 170 valence electrons. The van der Waals surface area contributed by atoms with Gasteiger partial charge in [-0.1, -0.05) is 90.6 Å². The van der Waals surface area contributed by atoms with E-state index in [9.17, 15) is 0 Å². The minimum atomic E-state index is 0.590. The smallest absolute Gasteiger partial charge is 0.191 e. The fourth-order valence-corrected chi connectivity index (χ4v) is 4.72. The van der Waals surface area contributed by atoms with Crippen molar-refractivity contribution < 1.29 is 4.74 Å². The van der Waals surface area contributed by atoms with Crippen LogP contribution >= 0.6 is 11.8 Å². The summed E-state index contributed by atoms with van der Waals surface area (Å²) < 4.78 is 9.43. The molecule has 0 aliphatic carbocycles. The number of hydrogen-bond acceptors (Lipinski definition) is 5. The Morgan fingerprint density at radius 3 is 2.12 bits per heavy atom. The molecule has 0 radical (unpaired) electrons. The summed E-state index contributed by atoms with van der Waals surface area (Å²) in [6.45, 7) is 1.28. The van der Waals surface area contributed by atoms with E-state index in [1.54, 1.807) is 18.9 Å². The number of methoxy groups -OCH3 is 1. The second-order valence-corrected chi connectivity index (χ2v) is 8.70. The second kappa shape index (κ2) is 10.5. The molecular formula is C27H25N5OS. The first kappa shape index (κ1) is 22.1. The molecule has 0 saturated carbocycles. The predicted octanol–water partition coefficient (Wildman–Crippen LogP) is 5.74. The molecule has 0 aliphatic heterocycles. The van der Waals surface area contributed by atoms with Gasteiger partial charge in [-0.3, -0.25) is 4.57 Å². The van der Waals surface area contributed by atoms with Crippen LogP contribution in [0, 0.1) is 0 Å². The lowest BCUT2D eigenvalue weighted by molar-refractivity contribution is 0.185. The maximum absolute atomic E-state index is 5.35. The van der Waals surface area contributed by atoms with Crippen molar-refractivity contribution in [3.05, 3.63) is 103 Å². The Hall–Kier alpha value is -3.68. The minimum absolute atomic E-state index is 0.590. The number of benzene rings is 3. The van der Waals surface area contributed by atoms with E-state index in [1.807, 2.05) is 59.3 Å². The van der Waals surface area contributed by atoms with Crippen LogP contribution in [-0.4, -0.2) is 38.3 Å². The number of nitrogens with zero attached hydrogens (tertiary/aromatic N) is 5. The SMILES string of the molecule is COCCn1c(SCc2cn(-c3ccccc3)nc2-c2ccccc2)nnc1-c1ccccc1. The number of ether oxygens (including phenoxy) is 1. The predicted molar refractivity (Wildman–Crippen MR) is 136 cm³/mol. The van der Waals surface area contributed by atoms with E-state index in [4.69, 9.17) is 9.84 Å². The molecule has 0 saturated heterocycles. The van der Waals surface area contributed by atoms with Gasteiger partial charge < -0.3 is 4.74 Å². The van der Waals surface area contributed by atoms with Gasteiger partial charge in [-0.15, -0.1) is 10.2 Å². The molecule has 7 heteroatoms. The Bertz CT molecular complexity index is 1330. The number of aromatic nitrogens is 5. The van der Waals surface area contributed by atoms with Crippen LogP contribution in [0.2, 0.25) is 0 Å². The van der Waals surface area contributed by atoms with Gasteiger partial charge >= 0.3 is 0 Å². The topological polar surface area (TPSA) is 57.8 Å². The standard InChI is InChI=1S/C27H25N5OS/c1-33-18-17-31-26(22-13-7-3-8-14-22)28-29-27(31)34-20-23-19-32(24-15-9-4-10-16-24)30-25(23)21-11-5-2-6-12-21/h2-16,19H,17-18,20H2,1H3. The summed E-state index contributed by atoms with van der Waals surface area (Å²) in [5.74, 6) is 1.57. The van der Waals surface area contributed by atoms with Crippen molar-refractivity contribution in [1.82, 2.24) is 24.5 Å². The Morgan fingerprint density at radius 1 is 0.794 bits per heavy atom. The van der Waals surface area contributed by atoms with Crippen LogP contribution in [-0.2, 0) is 17.0 Å². The van der Waals surface area contributed by atoms with Crippen LogP contribution in [0.4, 0.5) is 0 Å². The third-order valence-corrected chi connectivity index (χ3v) is 6.50. The van der Waals surface area contributed by atoms with E-state index >= 15 is 0 Å². The number of para-hydroxylation sites is 1. The molecule has 3 aromatic carbocycles. The van der Waals surface area contributed by atoms with Gasteiger partial charge in [-0.2, -0.15) is 5.10 Å². The number of hydrogen-bond donors (Lipinski definition) is 0. The minimum Gasteiger partial charge on any atom is -0.383 e. The van der Waals surface area contributed by atoms with E-state index in [1.165, 1.54) is 0 Å².